The van der Waals surface area contributed by atoms with Crippen molar-refractivity contribution in [1.82, 2.24) is 10.2 Å². The zero-order valence-corrected chi connectivity index (χ0v) is 8.78. The minimum absolute atomic E-state index is 0.480. The van der Waals surface area contributed by atoms with E-state index in [0.717, 1.165) is 6.04 Å². The Bertz CT molecular complexity index is 166. The van der Waals surface area contributed by atoms with Crippen molar-refractivity contribution in [3.8, 4) is 0 Å². The molecule has 2 heterocycles. The number of rotatable bonds is 1. The molecule has 0 bridgehead atoms. The minimum atomic E-state index is 0.480. The first-order valence-corrected chi connectivity index (χ1v) is 5.75. The zero-order chi connectivity index (χ0) is 8.60. The molecule has 0 radical (unpaired) electrons. The van der Waals surface area contributed by atoms with E-state index in [9.17, 15) is 0 Å². The average molecular weight is 186 g/mol. The minimum Gasteiger partial charge on any atom is -0.314 e. The van der Waals surface area contributed by atoms with Crippen LogP contribution in [-0.4, -0.2) is 47.6 Å². The Labute approximate surface area is 79.1 Å². The Morgan fingerprint density at radius 1 is 1.42 bits per heavy atom. The van der Waals surface area contributed by atoms with Crippen LogP contribution in [0.4, 0.5) is 0 Å². The van der Waals surface area contributed by atoms with E-state index in [1.807, 2.05) is 0 Å². The van der Waals surface area contributed by atoms with Gasteiger partial charge in [-0.05, 0) is 13.8 Å². The zero-order valence-electron chi connectivity index (χ0n) is 7.97. The summed E-state index contributed by atoms with van der Waals surface area (Å²) in [6.07, 6.45) is 0. The van der Waals surface area contributed by atoms with Gasteiger partial charge >= 0.3 is 0 Å². The van der Waals surface area contributed by atoms with Crippen molar-refractivity contribution in [2.45, 2.75) is 24.6 Å². The molecule has 0 spiro atoms. The fourth-order valence-corrected chi connectivity index (χ4v) is 3.03. The lowest BCUT2D eigenvalue weighted by molar-refractivity contribution is 0.139. The summed E-state index contributed by atoms with van der Waals surface area (Å²) in [6.45, 7) is 9.69. The van der Waals surface area contributed by atoms with Crippen molar-refractivity contribution in [3.05, 3.63) is 0 Å². The number of thioether (sulfide) groups is 1. The Balaban J connectivity index is 1.89. The molecule has 3 heteroatoms. The molecule has 0 aliphatic carbocycles. The van der Waals surface area contributed by atoms with Gasteiger partial charge in [0.1, 0.15) is 0 Å². The van der Waals surface area contributed by atoms with Crippen molar-refractivity contribution in [3.63, 3.8) is 0 Å². The Morgan fingerprint density at radius 3 is 2.67 bits per heavy atom. The molecule has 2 aliphatic rings. The van der Waals surface area contributed by atoms with E-state index in [4.69, 9.17) is 0 Å². The molecule has 2 fully saturated rings. The SMILES string of the molecule is CC1(C)CN(C2CNC2)CCS1. The van der Waals surface area contributed by atoms with Gasteiger partial charge in [-0.25, -0.2) is 0 Å². The quantitative estimate of drug-likeness (QED) is 0.652. The smallest absolute Gasteiger partial charge is 0.0346 e. The third kappa shape index (κ3) is 1.78. The third-order valence-electron chi connectivity index (χ3n) is 2.73. The summed E-state index contributed by atoms with van der Waals surface area (Å²) in [6, 6.07) is 0.838. The fraction of sp³-hybridized carbons (Fsp3) is 1.00. The molecule has 12 heavy (non-hydrogen) atoms. The molecule has 1 N–H and O–H groups in total. The summed E-state index contributed by atoms with van der Waals surface area (Å²) < 4.78 is 0.480. The first kappa shape index (κ1) is 8.85. The van der Waals surface area contributed by atoms with E-state index >= 15 is 0 Å². The van der Waals surface area contributed by atoms with E-state index in [1.165, 1.54) is 31.9 Å². The molecule has 0 aromatic carbocycles. The van der Waals surface area contributed by atoms with Crippen LogP contribution < -0.4 is 5.32 Å². The van der Waals surface area contributed by atoms with Crippen molar-refractivity contribution in [1.29, 1.82) is 0 Å². The summed E-state index contributed by atoms with van der Waals surface area (Å²) >= 11 is 2.11. The summed E-state index contributed by atoms with van der Waals surface area (Å²) in [4.78, 5) is 2.65. The molecule has 2 saturated heterocycles. The fourth-order valence-electron chi connectivity index (χ4n) is 1.90. The van der Waals surface area contributed by atoms with Crippen LogP contribution in [0.15, 0.2) is 0 Å². The standard InChI is InChI=1S/C9H18N2S/c1-9(2)7-11(3-4-12-9)8-5-10-6-8/h8,10H,3-7H2,1-2H3. The van der Waals surface area contributed by atoms with Crippen LogP contribution in [0.3, 0.4) is 0 Å². The normalized spacial score (nSPS) is 31.5. The van der Waals surface area contributed by atoms with Gasteiger partial charge in [-0.2, -0.15) is 11.8 Å². The van der Waals surface area contributed by atoms with Crippen molar-refractivity contribution < 1.29 is 0 Å². The molecule has 0 atom stereocenters. The summed E-state index contributed by atoms with van der Waals surface area (Å²) in [5.74, 6) is 1.31. The molecule has 2 rings (SSSR count). The second-order valence-corrected chi connectivity index (χ2v) is 6.19. The van der Waals surface area contributed by atoms with Crippen molar-refractivity contribution in [2.75, 3.05) is 31.9 Å². The van der Waals surface area contributed by atoms with E-state index in [-0.39, 0.29) is 0 Å². The van der Waals surface area contributed by atoms with Gasteiger partial charge in [-0.3, -0.25) is 4.90 Å². The van der Waals surface area contributed by atoms with Crippen LogP contribution in [0.2, 0.25) is 0 Å². The van der Waals surface area contributed by atoms with Gasteiger partial charge in [-0.1, -0.05) is 0 Å². The predicted octanol–water partition coefficient (Wildman–Crippen LogP) is 0.786. The molecule has 2 nitrogen and oxygen atoms in total. The van der Waals surface area contributed by atoms with Gasteiger partial charge in [0, 0.05) is 42.7 Å². The highest BCUT2D eigenvalue weighted by Gasteiger charge is 2.33. The molecule has 0 aromatic rings. The van der Waals surface area contributed by atoms with Crippen LogP contribution >= 0.6 is 11.8 Å². The Kier molecular flexibility index (Phi) is 2.36. The third-order valence-corrected chi connectivity index (χ3v) is 4.03. The molecule has 70 valence electrons. The highest BCUT2D eigenvalue weighted by molar-refractivity contribution is 8.00. The van der Waals surface area contributed by atoms with Crippen molar-refractivity contribution >= 4 is 11.8 Å². The highest BCUT2D eigenvalue weighted by atomic mass is 32.2. The molecule has 0 amide bonds. The van der Waals surface area contributed by atoms with Gasteiger partial charge in [-0.15, -0.1) is 0 Å². The molecule has 0 unspecified atom stereocenters. The largest absolute Gasteiger partial charge is 0.314 e. The van der Waals surface area contributed by atoms with Crippen LogP contribution in [0, 0.1) is 0 Å². The highest BCUT2D eigenvalue weighted by Crippen LogP contribution is 2.30. The van der Waals surface area contributed by atoms with Crippen LogP contribution in [0.1, 0.15) is 13.8 Å². The summed E-state index contributed by atoms with van der Waals surface area (Å²) in [7, 11) is 0. The van der Waals surface area contributed by atoms with Crippen LogP contribution in [0.5, 0.6) is 0 Å². The van der Waals surface area contributed by atoms with E-state index in [1.54, 1.807) is 0 Å². The van der Waals surface area contributed by atoms with Gasteiger partial charge in [0.25, 0.3) is 0 Å². The first-order valence-electron chi connectivity index (χ1n) is 4.76. The van der Waals surface area contributed by atoms with Crippen molar-refractivity contribution in [2.24, 2.45) is 0 Å². The maximum absolute atomic E-state index is 3.34. The lowest BCUT2D eigenvalue weighted by atomic mass is 10.1. The maximum atomic E-state index is 3.34. The topological polar surface area (TPSA) is 15.3 Å². The average Bonchev–Trinajstić information content (AvgIpc) is 1.80. The predicted molar refractivity (Wildman–Crippen MR) is 54.8 cm³/mol. The summed E-state index contributed by atoms with van der Waals surface area (Å²) in [5.41, 5.74) is 0. The molecular formula is C9H18N2S. The second-order valence-electron chi connectivity index (χ2n) is 4.39. The molecular weight excluding hydrogens is 168 g/mol. The summed E-state index contributed by atoms with van der Waals surface area (Å²) in [5, 5.41) is 3.34. The molecule has 0 saturated carbocycles. The van der Waals surface area contributed by atoms with E-state index in [2.05, 4.69) is 35.8 Å². The number of nitrogens with zero attached hydrogens (tertiary/aromatic N) is 1. The Morgan fingerprint density at radius 2 is 2.17 bits per heavy atom. The number of hydrogen-bond donors (Lipinski definition) is 1. The monoisotopic (exact) mass is 186 g/mol. The van der Waals surface area contributed by atoms with E-state index < -0.39 is 0 Å². The van der Waals surface area contributed by atoms with E-state index in [0.29, 0.717) is 4.75 Å². The first-order chi connectivity index (χ1) is 5.67. The second kappa shape index (κ2) is 3.20. The van der Waals surface area contributed by atoms with Gasteiger partial charge in [0.05, 0.1) is 0 Å². The van der Waals surface area contributed by atoms with Crippen LogP contribution in [-0.2, 0) is 0 Å². The van der Waals surface area contributed by atoms with Crippen LogP contribution in [0.25, 0.3) is 0 Å². The lowest BCUT2D eigenvalue weighted by Crippen LogP contribution is -2.61. The lowest BCUT2D eigenvalue weighted by Gasteiger charge is -2.45. The van der Waals surface area contributed by atoms with Gasteiger partial charge < -0.3 is 5.32 Å². The Hall–Kier alpha value is 0.270. The van der Waals surface area contributed by atoms with Gasteiger partial charge in [0.2, 0.25) is 0 Å². The van der Waals surface area contributed by atoms with Gasteiger partial charge in [0.15, 0.2) is 0 Å². The molecule has 2 aliphatic heterocycles. The molecule has 0 aromatic heterocycles. The maximum Gasteiger partial charge on any atom is 0.0346 e. The number of nitrogens with one attached hydrogen (secondary N) is 1. The number of hydrogen-bond acceptors (Lipinski definition) is 3.